The van der Waals surface area contributed by atoms with Crippen LogP contribution >= 0.6 is 0 Å². The largest absolute Gasteiger partial charge is 0.310 e. The van der Waals surface area contributed by atoms with E-state index in [1.807, 2.05) is 60.7 Å². The van der Waals surface area contributed by atoms with E-state index in [0.29, 0.717) is 17.0 Å². The fourth-order valence-electron chi connectivity index (χ4n) is 3.56. The highest BCUT2D eigenvalue weighted by molar-refractivity contribution is 7.90. The molecule has 6 heteroatoms. The molecule has 1 heterocycles. The fourth-order valence-corrected chi connectivity index (χ4v) is 5.04. The van der Waals surface area contributed by atoms with Crippen molar-refractivity contribution in [2.75, 3.05) is 0 Å². The minimum absolute atomic E-state index is 0.0608. The lowest BCUT2D eigenvalue weighted by Gasteiger charge is -2.11. The van der Waals surface area contributed by atoms with E-state index in [1.54, 1.807) is 16.7 Å². The second-order valence-electron chi connectivity index (χ2n) is 7.11. The number of benzene rings is 3. The van der Waals surface area contributed by atoms with Crippen molar-refractivity contribution in [1.82, 2.24) is 9.55 Å². The van der Waals surface area contributed by atoms with Crippen LogP contribution in [0, 0.1) is 5.82 Å². The van der Waals surface area contributed by atoms with E-state index in [0.717, 1.165) is 11.1 Å². The van der Waals surface area contributed by atoms with Crippen LogP contribution in [0.4, 0.5) is 4.39 Å². The van der Waals surface area contributed by atoms with E-state index in [9.17, 15) is 12.8 Å². The van der Waals surface area contributed by atoms with Crippen molar-refractivity contribution in [3.05, 3.63) is 109 Å². The van der Waals surface area contributed by atoms with Crippen LogP contribution in [0.15, 0.2) is 103 Å². The first-order chi connectivity index (χ1) is 15.0. The molecule has 31 heavy (non-hydrogen) atoms. The first kappa shape index (κ1) is 20.8. The van der Waals surface area contributed by atoms with E-state index in [-0.39, 0.29) is 17.5 Å². The molecule has 0 saturated heterocycles. The number of allylic oxidation sites excluding steroid dienone is 1. The molecule has 0 atom stereocenters. The molecule has 0 aliphatic heterocycles. The summed E-state index contributed by atoms with van der Waals surface area (Å²) in [6.07, 6.45) is 1.64. The van der Waals surface area contributed by atoms with Crippen LogP contribution in [0.2, 0.25) is 0 Å². The number of aromatic nitrogens is 2. The highest BCUT2D eigenvalue weighted by Gasteiger charge is 2.28. The van der Waals surface area contributed by atoms with E-state index >= 15 is 0 Å². The molecule has 0 saturated carbocycles. The summed E-state index contributed by atoms with van der Waals surface area (Å²) in [4.78, 5) is 4.60. The van der Waals surface area contributed by atoms with Gasteiger partial charge in [0.05, 0.1) is 17.1 Å². The van der Waals surface area contributed by atoms with E-state index in [2.05, 4.69) is 11.6 Å². The molecule has 0 unspecified atom stereocenters. The third-order valence-corrected chi connectivity index (χ3v) is 6.44. The Balaban J connectivity index is 1.94. The predicted molar refractivity (Wildman–Crippen MR) is 121 cm³/mol. The molecule has 156 valence electrons. The molecule has 0 radical (unpaired) electrons. The fraction of sp³-hybridized carbons (Fsp3) is 0.0800. The quantitative estimate of drug-likeness (QED) is 0.362. The molecule has 4 aromatic rings. The SMILES string of the molecule is C=CCn1c(S(=O)(=O)Cc2cccc(F)c2)nc(-c2ccccc2)c1-c1ccccc1. The van der Waals surface area contributed by atoms with Gasteiger partial charge in [-0.3, -0.25) is 0 Å². The zero-order chi connectivity index (χ0) is 21.8. The van der Waals surface area contributed by atoms with Crippen molar-refractivity contribution in [3.63, 3.8) is 0 Å². The lowest BCUT2D eigenvalue weighted by Crippen LogP contribution is -2.13. The van der Waals surface area contributed by atoms with Crippen LogP contribution in [0.5, 0.6) is 0 Å². The molecule has 0 spiro atoms. The molecule has 0 fully saturated rings. The van der Waals surface area contributed by atoms with E-state index in [1.165, 1.54) is 18.2 Å². The molecule has 0 bridgehead atoms. The monoisotopic (exact) mass is 432 g/mol. The molecule has 0 aliphatic carbocycles. The molecular formula is C25H21FN2O2S. The van der Waals surface area contributed by atoms with Gasteiger partial charge < -0.3 is 4.57 Å². The van der Waals surface area contributed by atoms with Gasteiger partial charge in [-0.05, 0) is 17.7 Å². The van der Waals surface area contributed by atoms with Gasteiger partial charge in [-0.1, -0.05) is 78.9 Å². The summed E-state index contributed by atoms with van der Waals surface area (Å²) in [6, 6.07) is 24.6. The molecule has 1 aromatic heterocycles. The van der Waals surface area contributed by atoms with Crippen LogP contribution in [0.3, 0.4) is 0 Å². The first-order valence-corrected chi connectivity index (χ1v) is 11.4. The average molecular weight is 433 g/mol. The van der Waals surface area contributed by atoms with Crippen LogP contribution in [-0.4, -0.2) is 18.0 Å². The van der Waals surface area contributed by atoms with Crippen LogP contribution < -0.4 is 0 Å². The highest BCUT2D eigenvalue weighted by Crippen LogP contribution is 2.35. The zero-order valence-electron chi connectivity index (χ0n) is 16.8. The van der Waals surface area contributed by atoms with Gasteiger partial charge in [0.25, 0.3) is 0 Å². The molecule has 4 rings (SSSR count). The summed E-state index contributed by atoms with van der Waals surface area (Å²) < 4.78 is 42.1. The van der Waals surface area contributed by atoms with E-state index < -0.39 is 15.7 Å². The number of nitrogens with zero attached hydrogens (tertiary/aromatic N) is 2. The Bertz CT molecular complexity index is 1310. The zero-order valence-corrected chi connectivity index (χ0v) is 17.6. The smallest absolute Gasteiger partial charge is 0.229 e. The Labute approximate surface area is 181 Å². The van der Waals surface area contributed by atoms with Crippen molar-refractivity contribution in [2.45, 2.75) is 17.5 Å². The molecule has 0 aliphatic rings. The highest BCUT2D eigenvalue weighted by atomic mass is 32.2. The first-order valence-electron chi connectivity index (χ1n) is 9.79. The van der Waals surface area contributed by atoms with E-state index in [4.69, 9.17) is 0 Å². The van der Waals surface area contributed by atoms with Gasteiger partial charge >= 0.3 is 0 Å². The number of halogens is 1. The summed E-state index contributed by atoms with van der Waals surface area (Å²) in [5, 5.41) is -0.0608. The Kier molecular flexibility index (Phi) is 5.82. The lowest BCUT2D eigenvalue weighted by molar-refractivity contribution is 0.573. The normalized spacial score (nSPS) is 11.4. The summed E-state index contributed by atoms with van der Waals surface area (Å²) in [6.45, 7) is 4.06. The van der Waals surface area contributed by atoms with Crippen molar-refractivity contribution < 1.29 is 12.8 Å². The Morgan fingerprint density at radius 2 is 1.55 bits per heavy atom. The van der Waals surface area contributed by atoms with Crippen LogP contribution in [0.1, 0.15) is 5.56 Å². The topological polar surface area (TPSA) is 52.0 Å². The van der Waals surface area contributed by atoms with Crippen molar-refractivity contribution in [3.8, 4) is 22.5 Å². The van der Waals surface area contributed by atoms with Gasteiger partial charge in [-0.25, -0.2) is 17.8 Å². The van der Waals surface area contributed by atoms with Gasteiger partial charge in [-0.15, -0.1) is 6.58 Å². The average Bonchev–Trinajstić information content (AvgIpc) is 3.15. The Morgan fingerprint density at radius 1 is 0.903 bits per heavy atom. The predicted octanol–water partition coefficient (Wildman–Crippen LogP) is 5.52. The van der Waals surface area contributed by atoms with Gasteiger partial charge in [-0.2, -0.15) is 0 Å². The number of imidazole rings is 1. The summed E-state index contributed by atoms with van der Waals surface area (Å²) in [7, 11) is -3.86. The molecular weight excluding hydrogens is 411 g/mol. The minimum Gasteiger partial charge on any atom is -0.310 e. The molecule has 4 nitrogen and oxygen atoms in total. The lowest BCUT2D eigenvalue weighted by atomic mass is 10.0. The molecule has 0 amide bonds. The third-order valence-electron chi connectivity index (χ3n) is 4.86. The standard InChI is InChI=1S/C25H21FN2O2S/c1-2-16-28-24(21-13-7-4-8-14-21)23(20-11-5-3-6-12-20)27-25(28)31(29,30)18-19-10-9-15-22(26)17-19/h2-15,17H,1,16,18H2. The summed E-state index contributed by atoms with van der Waals surface area (Å²) in [5.74, 6) is -0.821. The summed E-state index contributed by atoms with van der Waals surface area (Å²) in [5.41, 5.74) is 3.31. The molecule has 0 N–H and O–H groups in total. The third kappa shape index (κ3) is 4.34. The van der Waals surface area contributed by atoms with Gasteiger partial charge in [0.2, 0.25) is 15.0 Å². The van der Waals surface area contributed by atoms with Crippen molar-refractivity contribution >= 4 is 9.84 Å². The second kappa shape index (κ2) is 8.70. The second-order valence-corrected chi connectivity index (χ2v) is 9.00. The number of rotatable bonds is 7. The van der Waals surface area contributed by atoms with Crippen molar-refractivity contribution in [1.29, 1.82) is 0 Å². The van der Waals surface area contributed by atoms with Crippen LogP contribution in [-0.2, 0) is 22.1 Å². The molecule has 3 aromatic carbocycles. The maximum absolute atomic E-state index is 13.6. The minimum atomic E-state index is -3.86. The van der Waals surface area contributed by atoms with Gasteiger partial charge in [0.1, 0.15) is 5.82 Å². The summed E-state index contributed by atoms with van der Waals surface area (Å²) >= 11 is 0. The maximum atomic E-state index is 13.6. The van der Waals surface area contributed by atoms with Crippen LogP contribution in [0.25, 0.3) is 22.5 Å². The van der Waals surface area contributed by atoms with Crippen molar-refractivity contribution in [2.24, 2.45) is 0 Å². The van der Waals surface area contributed by atoms with Gasteiger partial charge in [0.15, 0.2) is 0 Å². The Hall–Kier alpha value is -3.51. The number of hydrogen-bond acceptors (Lipinski definition) is 3. The maximum Gasteiger partial charge on any atom is 0.229 e. The van der Waals surface area contributed by atoms with Gasteiger partial charge in [0, 0.05) is 17.7 Å². The Morgan fingerprint density at radius 3 is 2.16 bits per heavy atom. The number of sulfone groups is 1. The number of hydrogen-bond donors (Lipinski definition) is 0.